The van der Waals surface area contributed by atoms with Gasteiger partial charge < -0.3 is 14.2 Å². The molecular formula is C12H16O3. The summed E-state index contributed by atoms with van der Waals surface area (Å²) in [5.41, 5.74) is 1.26. The van der Waals surface area contributed by atoms with E-state index in [4.69, 9.17) is 14.2 Å². The summed E-state index contributed by atoms with van der Waals surface area (Å²) in [5, 5.41) is 0. The van der Waals surface area contributed by atoms with Gasteiger partial charge in [-0.05, 0) is 24.1 Å². The molecule has 0 spiro atoms. The summed E-state index contributed by atoms with van der Waals surface area (Å²) < 4.78 is 15.9. The monoisotopic (exact) mass is 208 g/mol. The molecule has 2 rings (SSSR count). The highest BCUT2D eigenvalue weighted by molar-refractivity contribution is 5.28. The molecule has 1 heterocycles. The van der Waals surface area contributed by atoms with Crippen LogP contribution in [0.25, 0.3) is 0 Å². The number of hydrogen-bond acceptors (Lipinski definition) is 3. The van der Waals surface area contributed by atoms with E-state index in [0.29, 0.717) is 0 Å². The molecule has 82 valence electrons. The van der Waals surface area contributed by atoms with Crippen LogP contribution >= 0.6 is 0 Å². The summed E-state index contributed by atoms with van der Waals surface area (Å²) in [6.45, 7) is 1.45. The molecule has 1 saturated heterocycles. The predicted octanol–water partition coefficient (Wildman–Crippen LogP) is 2.00. The average Bonchev–Trinajstić information content (AvgIpc) is 2.79. The maximum absolute atomic E-state index is 5.38. The van der Waals surface area contributed by atoms with Crippen LogP contribution in [0.3, 0.4) is 0 Å². The fourth-order valence-corrected chi connectivity index (χ4v) is 1.69. The Labute approximate surface area is 90.0 Å². The maximum Gasteiger partial charge on any atom is 0.158 e. The molecule has 1 aromatic rings. The van der Waals surface area contributed by atoms with Gasteiger partial charge in [0, 0.05) is 6.42 Å². The molecule has 3 heteroatoms. The SMILES string of the molecule is COc1cccc(CCC2OCCO2)c1. The lowest BCUT2D eigenvalue weighted by atomic mass is 10.1. The second-order valence-corrected chi connectivity index (χ2v) is 3.56. The zero-order chi connectivity index (χ0) is 10.5. The van der Waals surface area contributed by atoms with Gasteiger partial charge in [0.2, 0.25) is 0 Å². The largest absolute Gasteiger partial charge is 0.497 e. The van der Waals surface area contributed by atoms with E-state index in [2.05, 4.69) is 12.1 Å². The van der Waals surface area contributed by atoms with Gasteiger partial charge in [0.1, 0.15) is 5.75 Å². The molecule has 0 atom stereocenters. The number of ether oxygens (including phenoxy) is 3. The van der Waals surface area contributed by atoms with E-state index in [1.54, 1.807) is 7.11 Å². The Morgan fingerprint density at radius 1 is 1.33 bits per heavy atom. The molecule has 0 unspecified atom stereocenters. The normalized spacial score (nSPS) is 16.9. The van der Waals surface area contributed by atoms with Crippen LogP contribution in [0.15, 0.2) is 24.3 Å². The van der Waals surface area contributed by atoms with Gasteiger partial charge >= 0.3 is 0 Å². The van der Waals surface area contributed by atoms with Gasteiger partial charge in [0.25, 0.3) is 0 Å². The van der Waals surface area contributed by atoms with Crippen molar-refractivity contribution in [3.63, 3.8) is 0 Å². The second kappa shape index (κ2) is 5.14. The number of hydrogen-bond donors (Lipinski definition) is 0. The minimum Gasteiger partial charge on any atom is -0.497 e. The minimum atomic E-state index is -0.0174. The third-order valence-electron chi connectivity index (χ3n) is 2.49. The first-order valence-electron chi connectivity index (χ1n) is 5.24. The molecule has 0 saturated carbocycles. The van der Waals surface area contributed by atoms with Crippen molar-refractivity contribution >= 4 is 0 Å². The standard InChI is InChI=1S/C12H16O3/c1-13-11-4-2-3-10(9-11)5-6-12-14-7-8-15-12/h2-4,9,12H,5-8H2,1H3. The molecule has 0 radical (unpaired) electrons. The summed E-state index contributed by atoms with van der Waals surface area (Å²) in [7, 11) is 1.68. The van der Waals surface area contributed by atoms with Crippen LogP contribution in [0.1, 0.15) is 12.0 Å². The van der Waals surface area contributed by atoms with Crippen molar-refractivity contribution in [3.8, 4) is 5.75 Å². The molecule has 1 aromatic carbocycles. The van der Waals surface area contributed by atoms with Crippen molar-refractivity contribution in [1.82, 2.24) is 0 Å². The second-order valence-electron chi connectivity index (χ2n) is 3.56. The number of methoxy groups -OCH3 is 1. The van der Waals surface area contributed by atoms with Gasteiger partial charge in [-0.1, -0.05) is 12.1 Å². The van der Waals surface area contributed by atoms with Crippen LogP contribution in [-0.4, -0.2) is 26.6 Å². The third-order valence-corrected chi connectivity index (χ3v) is 2.49. The lowest BCUT2D eigenvalue weighted by Gasteiger charge is -2.09. The molecule has 1 aliphatic heterocycles. The summed E-state index contributed by atoms with van der Waals surface area (Å²) in [5.74, 6) is 0.903. The molecule has 0 bridgehead atoms. The molecule has 3 nitrogen and oxygen atoms in total. The van der Waals surface area contributed by atoms with Crippen LogP contribution in [0, 0.1) is 0 Å². The first-order chi connectivity index (χ1) is 7.38. The molecule has 1 aliphatic rings. The Morgan fingerprint density at radius 3 is 2.87 bits per heavy atom. The Morgan fingerprint density at radius 2 is 2.13 bits per heavy atom. The van der Waals surface area contributed by atoms with E-state index in [-0.39, 0.29) is 6.29 Å². The lowest BCUT2D eigenvalue weighted by molar-refractivity contribution is -0.0462. The van der Waals surface area contributed by atoms with E-state index in [9.17, 15) is 0 Å². The van der Waals surface area contributed by atoms with Crippen molar-refractivity contribution in [1.29, 1.82) is 0 Å². The van der Waals surface area contributed by atoms with Gasteiger partial charge in [0.05, 0.1) is 20.3 Å². The Hall–Kier alpha value is -1.06. The lowest BCUT2D eigenvalue weighted by Crippen LogP contribution is -2.08. The minimum absolute atomic E-state index is 0.0174. The fourth-order valence-electron chi connectivity index (χ4n) is 1.69. The summed E-state index contributed by atoms with van der Waals surface area (Å²) in [4.78, 5) is 0. The molecular weight excluding hydrogens is 192 g/mol. The van der Waals surface area contributed by atoms with Gasteiger partial charge in [-0.2, -0.15) is 0 Å². The van der Waals surface area contributed by atoms with Crippen molar-refractivity contribution in [2.24, 2.45) is 0 Å². The number of benzene rings is 1. The van der Waals surface area contributed by atoms with E-state index >= 15 is 0 Å². The molecule has 0 aliphatic carbocycles. The van der Waals surface area contributed by atoms with Crippen LogP contribution in [0.4, 0.5) is 0 Å². The highest BCUT2D eigenvalue weighted by Crippen LogP contribution is 2.16. The Kier molecular flexibility index (Phi) is 3.59. The maximum atomic E-state index is 5.38. The van der Waals surface area contributed by atoms with Crippen LogP contribution in [0.5, 0.6) is 5.75 Å². The Bertz CT molecular complexity index is 305. The van der Waals surface area contributed by atoms with Gasteiger partial charge in [-0.3, -0.25) is 0 Å². The molecule has 0 aromatic heterocycles. The first-order valence-corrected chi connectivity index (χ1v) is 5.24. The highest BCUT2D eigenvalue weighted by atomic mass is 16.7. The van der Waals surface area contributed by atoms with Crippen LogP contribution < -0.4 is 4.74 Å². The highest BCUT2D eigenvalue weighted by Gasteiger charge is 2.15. The zero-order valence-corrected chi connectivity index (χ0v) is 8.94. The van der Waals surface area contributed by atoms with Gasteiger partial charge in [-0.15, -0.1) is 0 Å². The Balaban J connectivity index is 1.86. The summed E-state index contributed by atoms with van der Waals surface area (Å²) in [6.07, 6.45) is 1.85. The quantitative estimate of drug-likeness (QED) is 0.757. The molecule has 0 amide bonds. The van der Waals surface area contributed by atoms with Crippen molar-refractivity contribution in [2.75, 3.05) is 20.3 Å². The number of aryl methyl sites for hydroxylation is 1. The molecule has 1 fully saturated rings. The van der Waals surface area contributed by atoms with Gasteiger partial charge in [-0.25, -0.2) is 0 Å². The van der Waals surface area contributed by atoms with E-state index in [0.717, 1.165) is 31.8 Å². The fraction of sp³-hybridized carbons (Fsp3) is 0.500. The van der Waals surface area contributed by atoms with Crippen molar-refractivity contribution < 1.29 is 14.2 Å². The third kappa shape index (κ3) is 2.94. The summed E-state index contributed by atoms with van der Waals surface area (Å²) >= 11 is 0. The smallest absolute Gasteiger partial charge is 0.158 e. The van der Waals surface area contributed by atoms with E-state index in [1.807, 2.05) is 12.1 Å². The van der Waals surface area contributed by atoms with Crippen LogP contribution in [-0.2, 0) is 15.9 Å². The van der Waals surface area contributed by atoms with Crippen molar-refractivity contribution in [2.45, 2.75) is 19.1 Å². The molecule has 15 heavy (non-hydrogen) atoms. The zero-order valence-electron chi connectivity index (χ0n) is 8.94. The summed E-state index contributed by atoms with van der Waals surface area (Å²) in [6, 6.07) is 8.10. The average molecular weight is 208 g/mol. The molecule has 0 N–H and O–H groups in total. The van der Waals surface area contributed by atoms with E-state index in [1.165, 1.54) is 5.56 Å². The van der Waals surface area contributed by atoms with Crippen LogP contribution in [0.2, 0.25) is 0 Å². The van der Waals surface area contributed by atoms with Crippen molar-refractivity contribution in [3.05, 3.63) is 29.8 Å². The van der Waals surface area contributed by atoms with Gasteiger partial charge in [0.15, 0.2) is 6.29 Å². The first kappa shape index (κ1) is 10.5. The predicted molar refractivity (Wildman–Crippen MR) is 57.0 cm³/mol. The van der Waals surface area contributed by atoms with E-state index < -0.39 is 0 Å². The number of rotatable bonds is 4. The topological polar surface area (TPSA) is 27.7 Å².